The fourth-order valence-corrected chi connectivity index (χ4v) is 2.25. The van der Waals surface area contributed by atoms with Gasteiger partial charge in [-0.3, -0.25) is 0 Å². The molecule has 0 fully saturated rings. The van der Waals surface area contributed by atoms with Crippen molar-refractivity contribution < 1.29 is 0 Å². The second kappa shape index (κ2) is 4.65. The molecular weight excluding hydrogens is 220 g/mol. The summed E-state index contributed by atoms with van der Waals surface area (Å²) in [6.45, 7) is 2.10. The maximum Gasteiger partial charge on any atom is 0.107 e. The van der Waals surface area contributed by atoms with Crippen molar-refractivity contribution in [2.75, 3.05) is 0 Å². The number of benzene rings is 2. The van der Waals surface area contributed by atoms with Crippen LogP contribution >= 0.6 is 0 Å². The quantitative estimate of drug-likeness (QED) is 0.738. The van der Waals surface area contributed by atoms with Crippen LogP contribution in [-0.2, 0) is 12.8 Å². The molecule has 0 saturated heterocycles. The summed E-state index contributed by atoms with van der Waals surface area (Å²) in [5, 5.41) is 0. The lowest BCUT2D eigenvalue weighted by molar-refractivity contribution is 0.890. The molecule has 3 rings (SSSR count). The summed E-state index contributed by atoms with van der Waals surface area (Å²) in [7, 11) is 0. The summed E-state index contributed by atoms with van der Waals surface area (Å²) >= 11 is 0. The average Bonchev–Trinajstić information content (AvgIpc) is 2.82. The van der Waals surface area contributed by atoms with Crippen molar-refractivity contribution in [3.63, 3.8) is 0 Å². The number of nitrogens with zero attached hydrogens (tertiary/aromatic N) is 1. The molecule has 1 heterocycles. The van der Waals surface area contributed by atoms with Crippen LogP contribution in [0, 0.1) is 6.92 Å². The van der Waals surface area contributed by atoms with Gasteiger partial charge in [0.15, 0.2) is 0 Å². The van der Waals surface area contributed by atoms with Gasteiger partial charge >= 0.3 is 0 Å². The highest BCUT2D eigenvalue weighted by atomic mass is 14.9. The second-order valence-electron chi connectivity index (χ2n) is 4.64. The lowest BCUT2D eigenvalue weighted by atomic mass is 10.1. The Kier molecular flexibility index (Phi) is 2.85. The molecule has 2 aromatic carbocycles. The highest BCUT2D eigenvalue weighted by Gasteiger charge is 2.04. The Bertz CT molecular complexity index is 653. The average molecular weight is 236 g/mol. The smallest absolute Gasteiger partial charge is 0.107 e. The first kappa shape index (κ1) is 11.0. The number of fused-ring (bicyclic) bond motifs is 1. The molecule has 0 saturated carbocycles. The Morgan fingerprint density at radius 1 is 0.944 bits per heavy atom. The van der Waals surface area contributed by atoms with Crippen LogP contribution in [0.15, 0.2) is 48.5 Å². The summed E-state index contributed by atoms with van der Waals surface area (Å²) in [5.41, 5.74) is 4.82. The summed E-state index contributed by atoms with van der Waals surface area (Å²) < 4.78 is 0. The molecule has 0 aliphatic heterocycles. The SMILES string of the molecule is Cc1cccc2[nH]c(CCc3ccccc3)nc12. The number of rotatable bonds is 3. The van der Waals surface area contributed by atoms with E-state index in [1.165, 1.54) is 11.1 Å². The molecule has 18 heavy (non-hydrogen) atoms. The molecule has 0 amide bonds. The van der Waals surface area contributed by atoms with Crippen molar-refractivity contribution in [3.8, 4) is 0 Å². The van der Waals surface area contributed by atoms with Gasteiger partial charge in [0.25, 0.3) is 0 Å². The van der Waals surface area contributed by atoms with E-state index in [1.54, 1.807) is 0 Å². The van der Waals surface area contributed by atoms with Crippen molar-refractivity contribution >= 4 is 11.0 Å². The van der Waals surface area contributed by atoms with Gasteiger partial charge < -0.3 is 4.98 Å². The maximum absolute atomic E-state index is 4.67. The summed E-state index contributed by atoms with van der Waals surface area (Å²) in [6, 6.07) is 16.8. The van der Waals surface area contributed by atoms with Gasteiger partial charge in [-0.15, -0.1) is 0 Å². The zero-order chi connectivity index (χ0) is 12.4. The second-order valence-corrected chi connectivity index (χ2v) is 4.64. The van der Waals surface area contributed by atoms with Gasteiger partial charge in [0.1, 0.15) is 5.82 Å². The van der Waals surface area contributed by atoms with Crippen molar-refractivity contribution in [3.05, 3.63) is 65.5 Å². The molecule has 2 heteroatoms. The molecule has 0 bridgehead atoms. The van der Waals surface area contributed by atoms with E-state index >= 15 is 0 Å². The number of aromatic amines is 1. The predicted molar refractivity (Wildman–Crippen MR) is 74.7 cm³/mol. The van der Waals surface area contributed by atoms with Crippen molar-refractivity contribution in [2.24, 2.45) is 0 Å². The van der Waals surface area contributed by atoms with Gasteiger partial charge in [-0.1, -0.05) is 42.5 Å². The lowest BCUT2D eigenvalue weighted by Gasteiger charge is -1.97. The number of hydrogen-bond donors (Lipinski definition) is 1. The lowest BCUT2D eigenvalue weighted by Crippen LogP contribution is -1.92. The number of imidazole rings is 1. The summed E-state index contributed by atoms with van der Waals surface area (Å²) in [5.74, 6) is 1.07. The minimum atomic E-state index is 0.956. The largest absolute Gasteiger partial charge is 0.342 e. The Morgan fingerprint density at radius 2 is 1.78 bits per heavy atom. The van der Waals surface area contributed by atoms with Gasteiger partial charge in [-0.05, 0) is 30.5 Å². The van der Waals surface area contributed by atoms with E-state index in [0.29, 0.717) is 0 Å². The van der Waals surface area contributed by atoms with E-state index in [2.05, 4.69) is 59.4 Å². The molecule has 0 aliphatic rings. The fourth-order valence-electron chi connectivity index (χ4n) is 2.25. The molecule has 3 aromatic rings. The van der Waals surface area contributed by atoms with Crippen molar-refractivity contribution in [2.45, 2.75) is 19.8 Å². The molecule has 0 unspecified atom stereocenters. The van der Waals surface area contributed by atoms with Gasteiger partial charge in [0, 0.05) is 6.42 Å². The summed E-state index contributed by atoms with van der Waals surface area (Å²) in [4.78, 5) is 8.07. The molecule has 0 aliphatic carbocycles. The van der Waals surface area contributed by atoms with Gasteiger partial charge in [0.05, 0.1) is 11.0 Å². The van der Waals surface area contributed by atoms with Crippen LogP contribution < -0.4 is 0 Å². The number of aryl methyl sites for hydroxylation is 3. The van der Waals surface area contributed by atoms with Gasteiger partial charge in [-0.25, -0.2) is 4.98 Å². The van der Waals surface area contributed by atoms with Crippen LogP contribution in [0.4, 0.5) is 0 Å². The van der Waals surface area contributed by atoms with E-state index in [4.69, 9.17) is 0 Å². The third-order valence-electron chi connectivity index (χ3n) is 3.26. The Hall–Kier alpha value is -2.09. The zero-order valence-corrected chi connectivity index (χ0v) is 10.5. The van der Waals surface area contributed by atoms with Crippen molar-refractivity contribution in [1.82, 2.24) is 9.97 Å². The summed E-state index contributed by atoms with van der Waals surface area (Å²) in [6.07, 6.45) is 1.98. The molecule has 2 nitrogen and oxygen atoms in total. The monoisotopic (exact) mass is 236 g/mol. The molecule has 0 spiro atoms. The van der Waals surface area contributed by atoms with E-state index in [9.17, 15) is 0 Å². The van der Waals surface area contributed by atoms with Gasteiger partial charge in [-0.2, -0.15) is 0 Å². The fraction of sp³-hybridized carbons (Fsp3) is 0.188. The Balaban J connectivity index is 1.81. The highest BCUT2D eigenvalue weighted by molar-refractivity contribution is 5.78. The van der Waals surface area contributed by atoms with Crippen LogP contribution in [-0.4, -0.2) is 9.97 Å². The normalized spacial score (nSPS) is 10.9. The first-order chi connectivity index (χ1) is 8.83. The van der Waals surface area contributed by atoms with Crippen LogP contribution in [0.3, 0.4) is 0 Å². The zero-order valence-electron chi connectivity index (χ0n) is 10.5. The van der Waals surface area contributed by atoms with E-state index in [-0.39, 0.29) is 0 Å². The standard InChI is InChI=1S/C16H16N2/c1-12-6-5-9-14-16(12)18-15(17-14)11-10-13-7-3-2-4-8-13/h2-9H,10-11H2,1H3,(H,17,18). The van der Waals surface area contributed by atoms with Crippen molar-refractivity contribution in [1.29, 1.82) is 0 Å². The topological polar surface area (TPSA) is 28.7 Å². The van der Waals surface area contributed by atoms with E-state index < -0.39 is 0 Å². The van der Waals surface area contributed by atoms with E-state index in [0.717, 1.165) is 29.7 Å². The molecule has 0 radical (unpaired) electrons. The van der Waals surface area contributed by atoms with Crippen LogP contribution in [0.1, 0.15) is 17.0 Å². The first-order valence-corrected chi connectivity index (χ1v) is 6.31. The molecule has 1 aromatic heterocycles. The predicted octanol–water partition coefficient (Wildman–Crippen LogP) is 3.66. The minimum absolute atomic E-state index is 0.956. The molecule has 0 atom stereocenters. The molecule has 1 N–H and O–H groups in total. The minimum Gasteiger partial charge on any atom is -0.342 e. The van der Waals surface area contributed by atoms with Crippen LogP contribution in [0.25, 0.3) is 11.0 Å². The third-order valence-corrected chi connectivity index (χ3v) is 3.26. The number of aromatic nitrogens is 2. The van der Waals surface area contributed by atoms with E-state index in [1.807, 2.05) is 6.07 Å². The number of para-hydroxylation sites is 1. The van der Waals surface area contributed by atoms with Crippen LogP contribution in [0.5, 0.6) is 0 Å². The number of H-pyrrole nitrogens is 1. The Labute approximate surface area is 107 Å². The maximum atomic E-state index is 4.67. The number of hydrogen-bond acceptors (Lipinski definition) is 1. The molecule has 90 valence electrons. The Morgan fingerprint density at radius 3 is 2.56 bits per heavy atom. The van der Waals surface area contributed by atoms with Gasteiger partial charge in [0.2, 0.25) is 0 Å². The van der Waals surface area contributed by atoms with Crippen LogP contribution in [0.2, 0.25) is 0 Å². The molecular formula is C16H16N2. The highest BCUT2D eigenvalue weighted by Crippen LogP contribution is 2.16. The number of nitrogens with one attached hydrogen (secondary N) is 1. The first-order valence-electron chi connectivity index (χ1n) is 6.31. The third kappa shape index (κ3) is 2.14.